The zero-order chi connectivity index (χ0) is 19.4. The third kappa shape index (κ3) is 3.79. The molecule has 7 heteroatoms. The van der Waals surface area contributed by atoms with E-state index in [4.69, 9.17) is 10.1 Å². The van der Waals surface area contributed by atoms with Gasteiger partial charge < -0.3 is 10.0 Å². The summed E-state index contributed by atoms with van der Waals surface area (Å²) < 4.78 is 0.217. The van der Waals surface area contributed by atoms with Crippen LogP contribution in [0.4, 0.5) is 5.69 Å². The molecule has 0 bridgehead atoms. The lowest BCUT2D eigenvalue weighted by molar-refractivity contribution is -0.919. The van der Waals surface area contributed by atoms with Gasteiger partial charge in [-0.2, -0.15) is 9.98 Å². The van der Waals surface area contributed by atoms with Gasteiger partial charge in [-0.3, -0.25) is 0 Å². The number of nitrogens with zero attached hydrogens (tertiary/aromatic N) is 6. The van der Waals surface area contributed by atoms with Gasteiger partial charge in [-0.1, -0.05) is 6.92 Å². The summed E-state index contributed by atoms with van der Waals surface area (Å²) in [5.74, 6) is 1.74. The highest BCUT2D eigenvalue weighted by atomic mass is 16.3. The van der Waals surface area contributed by atoms with E-state index in [2.05, 4.69) is 41.9 Å². The normalized spacial score (nSPS) is 21.0. The Morgan fingerprint density at radius 1 is 1.04 bits per heavy atom. The molecule has 0 fully saturated rings. The van der Waals surface area contributed by atoms with E-state index < -0.39 is 0 Å². The van der Waals surface area contributed by atoms with Gasteiger partial charge in [0.1, 0.15) is 5.75 Å². The molecule has 1 unspecified atom stereocenters. The van der Waals surface area contributed by atoms with E-state index >= 15 is 0 Å². The first-order chi connectivity index (χ1) is 13.0. The predicted molar refractivity (Wildman–Crippen MR) is 111 cm³/mol. The summed E-state index contributed by atoms with van der Waals surface area (Å²) in [7, 11) is 0. The zero-order valence-corrected chi connectivity index (χ0v) is 16.6. The molecule has 3 rings (SSSR count). The van der Waals surface area contributed by atoms with Crippen molar-refractivity contribution < 1.29 is 9.81 Å². The second kappa shape index (κ2) is 8.02. The van der Waals surface area contributed by atoms with Crippen LogP contribution in [0.1, 0.15) is 34.1 Å². The lowest BCUT2D eigenvalue weighted by atomic mass is 10.2. The lowest BCUT2D eigenvalue weighted by Gasteiger charge is -2.33. The predicted octanol–water partition coefficient (Wildman–Crippen LogP) is 3.35. The molecule has 0 aliphatic carbocycles. The van der Waals surface area contributed by atoms with Crippen LogP contribution in [0.15, 0.2) is 51.6 Å². The number of hydrogen-bond acceptors (Lipinski definition) is 6. The Morgan fingerprint density at radius 2 is 1.74 bits per heavy atom. The van der Waals surface area contributed by atoms with Gasteiger partial charge in [0.25, 0.3) is 0 Å². The molecule has 0 saturated carbocycles. The molecule has 0 amide bonds. The van der Waals surface area contributed by atoms with Crippen molar-refractivity contribution in [2.75, 3.05) is 31.1 Å². The second-order valence-corrected chi connectivity index (χ2v) is 6.72. The van der Waals surface area contributed by atoms with Crippen molar-refractivity contribution in [2.45, 2.75) is 34.1 Å². The average molecular weight is 369 g/mol. The van der Waals surface area contributed by atoms with E-state index in [1.807, 2.05) is 25.1 Å². The molecule has 0 radical (unpaired) electrons. The van der Waals surface area contributed by atoms with Gasteiger partial charge >= 0.3 is 5.96 Å². The maximum atomic E-state index is 9.57. The number of anilines is 1. The van der Waals surface area contributed by atoms with Crippen LogP contribution in [-0.4, -0.2) is 58.5 Å². The van der Waals surface area contributed by atoms with E-state index in [1.165, 1.54) is 0 Å². The Morgan fingerprint density at radius 3 is 2.37 bits per heavy atom. The number of benzene rings is 1. The van der Waals surface area contributed by atoms with Gasteiger partial charge in [0, 0.05) is 31.4 Å². The van der Waals surface area contributed by atoms with Crippen LogP contribution in [0.25, 0.3) is 0 Å². The second-order valence-electron chi connectivity index (χ2n) is 6.72. The third-order valence-corrected chi connectivity index (χ3v) is 4.79. The maximum Gasteiger partial charge on any atom is 0.383 e. The molecule has 0 spiro atoms. The van der Waals surface area contributed by atoms with Gasteiger partial charge in [0.05, 0.1) is 12.3 Å². The van der Waals surface area contributed by atoms with Crippen molar-refractivity contribution in [1.29, 1.82) is 0 Å². The molecule has 2 heterocycles. The highest BCUT2D eigenvalue weighted by molar-refractivity contribution is 6.07. The molecule has 2 aliphatic rings. The van der Waals surface area contributed by atoms with E-state index in [9.17, 15) is 5.11 Å². The van der Waals surface area contributed by atoms with Gasteiger partial charge in [0.2, 0.25) is 5.84 Å². The van der Waals surface area contributed by atoms with Crippen molar-refractivity contribution in [1.82, 2.24) is 5.01 Å². The fourth-order valence-electron chi connectivity index (χ4n) is 3.45. The molecule has 144 valence electrons. The number of aromatic hydroxyl groups is 1. The smallest absolute Gasteiger partial charge is 0.383 e. The van der Waals surface area contributed by atoms with E-state index in [-0.39, 0.29) is 10.5 Å². The number of aliphatic imine (C=N–C) groups is 2. The summed E-state index contributed by atoms with van der Waals surface area (Å²) in [6.45, 7) is 11.6. The van der Waals surface area contributed by atoms with E-state index in [0.717, 1.165) is 43.3 Å². The molecule has 7 nitrogen and oxygen atoms in total. The standard InChI is InChI=1S/C20H28N6O/c1-5-13-24(17-8-10-18(27)11-9-17)15-19-22-20-21-16(4)12-14-26(20,23-19)25(6-2)7-3/h8-12,14H,5-7,13,15H2,1-4H3/p+1. The summed E-state index contributed by atoms with van der Waals surface area (Å²) in [4.78, 5) is 11.7. The Hall–Kier alpha value is -2.51. The maximum absolute atomic E-state index is 9.57. The lowest BCUT2D eigenvalue weighted by Crippen LogP contribution is -2.55. The number of rotatable bonds is 8. The largest absolute Gasteiger partial charge is 0.508 e. The van der Waals surface area contributed by atoms with Crippen molar-refractivity contribution in [3.8, 4) is 5.75 Å². The van der Waals surface area contributed by atoms with Crippen LogP contribution < -0.4 is 4.90 Å². The molecule has 1 atom stereocenters. The van der Waals surface area contributed by atoms with Crippen molar-refractivity contribution in [3.63, 3.8) is 0 Å². The van der Waals surface area contributed by atoms with Crippen LogP contribution >= 0.6 is 0 Å². The summed E-state index contributed by atoms with van der Waals surface area (Å²) in [5.41, 5.74) is 1.99. The van der Waals surface area contributed by atoms with Gasteiger partial charge in [-0.05, 0) is 61.3 Å². The first-order valence-corrected chi connectivity index (χ1v) is 9.63. The van der Waals surface area contributed by atoms with Crippen LogP contribution in [0.5, 0.6) is 5.75 Å². The SMILES string of the molecule is CCCN(CC1=N[N+]2(N(CC)CC)C=CC(C)=NC2=N1)c1ccc(O)cc1. The number of amidine groups is 1. The Balaban J connectivity index is 1.92. The summed E-state index contributed by atoms with van der Waals surface area (Å²) in [6.07, 6.45) is 5.08. The van der Waals surface area contributed by atoms with Gasteiger partial charge in [-0.25, -0.2) is 0 Å². The quantitative estimate of drug-likeness (QED) is 0.715. The summed E-state index contributed by atoms with van der Waals surface area (Å²) >= 11 is 0. The fourth-order valence-corrected chi connectivity index (χ4v) is 3.45. The number of quaternary nitrogens is 1. The van der Waals surface area contributed by atoms with Gasteiger partial charge in [-0.15, -0.1) is 5.01 Å². The van der Waals surface area contributed by atoms with Crippen LogP contribution in [0.2, 0.25) is 0 Å². The monoisotopic (exact) mass is 369 g/mol. The van der Waals surface area contributed by atoms with Crippen molar-refractivity contribution in [2.24, 2.45) is 15.1 Å². The first-order valence-electron chi connectivity index (χ1n) is 9.63. The highest BCUT2D eigenvalue weighted by Gasteiger charge is 2.46. The number of fused-ring (bicyclic) bond motifs is 1. The molecule has 27 heavy (non-hydrogen) atoms. The Labute approximate surface area is 161 Å². The first kappa shape index (κ1) is 19.3. The zero-order valence-electron chi connectivity index (χ0n) is 16.6. The van der Waals surface area contributed by atoms with Crippen molar-refractivity contribution in [3.05, 3.63) is 36.5 Å². The number of allylic oxidation sites excluding steroid dienone is 1. The summed E-state index contributed by atoms with van der Waals surface area (Å²) in [5, 5.41) is 16.8. The molecule has 0 aromatic heterocycles. The molecule has 0 saturated heterocycles. The minimum absolute atomic E-state index is 0.217. The van der Waals surface area contributed by atoms with Crippen LogP contribution in [0, 0.1) is 0 Å². The molecule has 1 aromatic rings. The average Bonchev–Trinajstić information content (AvgIpc) is 3.01. The molecular weight excluding hydrogens is 340 g/mol. The topological polar surface area (TPSA) is 63.8 Å². The number of hydrogen-bond donors (Lipinski definition) is 1. The third-order valence-electron chi connectivity index (χ3n) is 4.79. The highest BCUT2D eigenvalue weighted by Crippen LogP contribution is 2.27. The minimum atomic E-state index is 0.217. The van der Waals surface area contributed by atoms with E-state index in [0.29, 0.717) is 12.5 Å². The van der Waals surface area contributed by atoms with Crippen LogP contribution in [0.3, 0.4) is 0 Å². The minimum Gasteiger partial charge on any atom is -0.508 e. The molecule has 2 aliphatic heterocycles. The molecule has 1 N–H and O–H groups in total. The summed E-state index contributed by atoms with van der Waals surface area (Å²) in [6, 6.07) is 7.28. The molecule has 1 aromatic carbocycles. The Kier molecular flexibility index (Phi) is 5.72. The number of phenolic OH excluding ortho intramolecular Hbond substituents is 1. The fraction of sp³-hybridized carbons (Fsp3) is 0.450. The van der Waals surface area contributed by atoms with Gasteiger partial charge in [0.15, 0.2) is 6.20 Å². The Bertz CT molecular complexity index is 791. The molecular formula is C20H29N6O+. The van der Waals surface area contributed by atoms with Crippen LogP contribution in [-0.2, 0) is 0 Å². The van der Waals surface area contributed by atoms with E-state index in [1.54, 1.807) is 12.1 Å². The van der Waals surface area contributed by atoms with Crippen molar-refractivity contribution >= 4 is 23.2 Å². The number of guanidine groups is 1. The number of phenols is 1.